The molecular formula is C13H15N3O. The number of carbonyl (C=O) groups is 1. The highest BCUT2D eigenvalue weighted by Crippen LogP contribution is 2.06. The van der Waals surface area contributed by atoms with E-state index in [4.69, 9.17) is 5.26 Å². The van der Waals surface area contributed by atoms with Gasteiger partial charge in [0, 0.05) is 25.6 Å². The average molecular weight is 229 g/mol. The van der Waals surface area contributed by atoms with E-state index in [1.54, 1.807) is 6.07 Å². The third-order valence-electron chi connectivity index (χ3n) is 2.86. The molecule has 0 radical (unpaired) electrons. The highest BCUT2D eigenvalue weighted by atomic mass is 16.1. The number of benzene rings is 1. The van der Waals surface area contributed by atoms with Crippen molar-refractivity contribution in [2.75, 3.05) is 6.54 Å². The third kappa shape index (κ3) is 3.30. The summed E-state index contributed by atoms with van der Waals surface area (Å²) in [4.78, 5) is 11.0. The van der Waals surface area contributed by atoms with Gasteiger partial charge in [-0.15, -0.1) is 0 Å². The molecular weight excluding hydrogens is 214 g/mol. The van der Waals surface area contributed by atoms with E-state index >= 15 is 0 Å². The molecule has 1 atom stereocenters. The average Bonchev–Trinajstić information content (AvgIpc) is 2.75. The molecule has 2 N–H and O–H groups in total. The molecule has 4 heteroatoms. The topological polar surface area (TPSA) is 64.9 Å². The Morgan fingerprint density at radius 2 is 2.41 bits per heavy atom. The van der Waals surface area contributed by atoms with E-state index in [9.17, 15) is 4.79 Å². The van der Waals surface area contributed by atoms with Gasteiger partial charge in [-0.05, 0) is 24.1 Å². The van der Waals surface area contributed by atoms with Crippen LogP contribution in [0, 0.1) is 11.3 Å². The maximum Gasteiger partial charge on any atom is 0.220 e. The van der Waals surface area contributed by atoms with E-state index in [-0.39, 0.29) is 11.9 Å². The Bertz CT molecular complexity index is 450. The van der Waals surface area contributed by atoms with Gasteiger partial charge in [-0.25, -0.2) is 0 Å². The van der Waals surface area contributed by atoms with Crippen LogP contribution < -0.4 is 10.6 Å². The molecule has 1 aromatic carbocycles. The molecule has 1 heterocycles. The molecule has 0 spiro atoms. The summed E-state index contributed by atoms with van der Waals surface area (Å²) in [5.41, 5.74) is 1.77. The summed E-state index contributed by atoms with van der Waals surface area (Å²) in [6.07, 6.45) is 1.54. The minimum atomic E-state index is 0.142. The van der Waals surface area contributed by atoms with Gasteiger partial charge in [0.1, 0.15) is 0 Å². The van der Waals surface area contributed by atoms with Crippen LogP contribution in [0.3, 0.4) is 0 Å². The van der Waals surface area contributed by atoms with Gasteiger partial charge in [-0.1, -0.05) is 12.1 Å². The Kier molecular flexibility index (Phi) is 3.73. The van der Waals surface area contributed by atoms with E-state index in [1.165, 1.54) is 0 Å². The molecule has 1 amide bonds. The van der Waals surface area contributed by atoms with Crippen molar-refractivity contribution in [3.8, 4) is 6.07 Å². The summed E-state index contributed by atoms with van der Waals surface area (Å²) in [5.74, 6) is 0.142. The lowest BCUT2D eigenvalue weighted by atomic mass is 10.1. The van der Waals surface area contributed by atoms with Crippen LogP contribution in [0.25, 0.3) is 0 Å². The summed E-state index contributed by atoms with van der Waals surface area (Å²) in [6, 6.07) is 9.91. The van der Waals surface area contributed by atoms with Gasteiger partial charge in [-0.3, -0.25) is 4.79 Å². The lowest BCUT2D eigenvalue weighted by molar-refractivity contribution is -0.119. The van der Waals surface area contributed by atoms with Crippen LogP contribution in [0.4, 0.5) is 0 Å². The Morgan fingerprint density at radius 1 is 1.53 bits per heavy atom. The van der Waals surface area contributed by atoms with Crippen molar-refractivity contribution in [3.63, 3.8) is 0 Å². The number of amides is 1. The lowest BCUT2D eigenvalue weighted by Crippen LogP contribution is -2.35. The Labute approximate surface area is 101 Å². The zero-order valence-electron chi connectivity index (χ0n) is 9.57. The van der Waals surface area contributed by atoms with Gasteiger partial charge in [0.2, 0.25) is 5.91 Å². The first kappa shape index (κ1) is 11.6. The maximum atomic E-state index is 11.0. The van der Waals surface area contributed by atoms with Gasteiger partial charge in [0.25, 0.3) is 0 Å². The smallest absolute Gasteiger partial charge is 0.220 e. The van der Waals surface area contributed by atoms with Crippen LogP contribution in [-0.2, 0) is 11.3 Å². The first-order valence-corrected chi connectivity index (χ1v) is 5.77. The molecule has 17 heavy (non-hydrogen) atoms. The normalized spacial score (nSPS) is 18.8. The fourth-order valence-corrected chi connectivity index (χ4v) is 1.97. The number of carbonyl (C=O) groups excluding carboxylic acids is 1. The Hall–Kier alpha value is -1.86. The van der Waals surface area contributed by atoms with E-state index in [2.05, 4.69) is 16.7 Å². The predicted octanol–water partition coefficient (Wildman–Crippen LogP) is 0.926. The number of nitriles is 1. The fraction of sp³-hybridized carbons (Fsp3) is 0.385. The molecule has 0 bridgehead atoms. The first-order chi connectivity index (χ1) is 8.28. The van der Waals surface area contributed by atoms with Crippen LogP contribution in [-0.4, -0.2) is 18.5 Å². The van der Waals surface area contributed by atoms with E-state index in [0.717, 1.165) is 25.1 Å². The minimum Gasteiger partial charge on any atom is -0.352 e. The molecule has 88 valence electrons. The van der Waals surface area contributed by atoms with Crippen molar-refractivity contribution in [2.45, 2.75) is 25.4 Å². The van der Waals surface area contributed by atoms with Crippen LogP contribution in [0.5, 0.6) is 0 Å². The van der Waals surface area contributed by atoms with E-state index in [0.29, 0.717) is 12.0 Å². The molecule has 1 aliphatic heterocycles. The standard InChI is InChI=1S/C13H15N3O/c14-7-10-2-1-3-11(6-10)8-15-9-12-4-5-13(17)16-12/h1-3,6,12,15H,4-5,8-9H2,(H,16,17). The molecule has 1 unspecified atom stereocenters. The van der Waals surface area contributed by atoms with Crippen molar-refractivity contribution in [1.29, 1.82) is 5.26 Å². The molecule has 0 aliphatic carbocycles. The second-order valence-corrected chi connectivity index (χ2v) is 4.25. The zero-order valence-corrected chi connectivity index (χ0v) is 9.57. The van der Waals surface area contributed by atoms with Gasteiger partial charge >= 0.3 is 0 Å². The van der Waals surface area contributed by atoms with Crippen molar-refractivity contribution in [2.24, 2.45) is 0 Å². The fourth-order valence-electron chi connectivity index (χ4n) is 1.97. The molecule has 0 saturated carbocycles. The summed E-state index contributed by atoms with van der Waals surface area (Å²) < 4.78 is 0. The van der Waals surface area contributed by atoms with Crippen LogP contribution in [0.2, 0.25) is 0 Å². The predicted molar refractivity (Wildman–Crippen MR) is 64.0 cm³/mol. The molecule has 1 aromatic rings. The molecule has 4 nitrogen and oxygen atoms in total. The molecule has 1 fully saturated rings. The second kappa shape index (κ2) is 5.46. The zero-order chi connectivity index (χ0) is 12.1. The van der Waals surface area contributed by atoms with Crippen LogP contribution in [0.1, 0.15) is 24.0 Å². The molecule has 2 rings (SSSR count). The highest BCUT2D eigenvalue weighted by Gasteiger charge is 2.19. The monoisotopic (exact) mass is 229 g/mol. The van der Waals surface area contributed by atoms with Crippen molar-refractivity contribution < 1.29 is 4.79 Å². The number of nitrogens with one attached hydrogen (secondary N) is 2. The summed E-state index contributed by atoms with van der Waals surface area (Å²) >= 11 is 0. The minimum absolute atomic E-state index is 0.142. The Balaban J connectivity index is 1.78. The van der Waals surface area contributed by atoms with Crippen molar-refractivity contribution >= 4 is 5.91 Å². The summed E-state index contributed by atoms with van der Waals surface area (Å²) in [7, 11) is 0. The van der Waals surface area contributed by atoms with E-state index < -0.39 is 0 Å². The third-order valence-corrected chi connectivity index (χ3v) is 2.86. The summed E-state index contributed by atoms with van der Waals surface area (Å²) in [6.45, 7) is 1.50. The molecule has 1 saturated heterocycles. The van der Waals surface area contributed by atoms with Gasteiger partial charge < -0.3 is 10.6 Å². The summed E-state index contributed by atoms with van der Waals surface area (Å²) in [5, 5.41) is 15.0. The maximum absolute atomic E-state index is 11.0. The van der Waals surface area contributed by atoms with Gasteiger partial charge in [-0.2, -0.15) is 5.26 Å². The number of nitrogens with zero attached hydrogens (tertiary/aromatic N) is 1. The van der Waals surface area contributed by atoms with Gasteiger partial charge in [0.05, 0.1) is 11.6 Å². The SMILES string of the molecule is N#Cc1cccc(CNCC2CCC(=O)N2)c1. The molecule has 1 aliphatic rings. The van der Waals surface area contributed by atoms with Crippen LogP contribution >= 0.6 is 0 Å². The largest absolute Gasteiger partial charge is 0.352 e. The van der Waals surface area contributed by atoms with Crippen LogP contribution in [0.15, 0.2) is 24.3 Å². The number of rotatable bonds is 4. The second-order valence-electron chi connectivity index (χ2n) is 4.25. The first-order valence-electron chi connectivity index (χ1n) is 5.77. The lowest BCUT2D eigenvalue weighted by Gasteiger charge is -2.11. The number of hydrogen-bond acceptors (Lipinski definition) is 3. The van der Waals surface area contributed by atoms with Gasteiger partial charge in [0.15, 0.2) is 0 Å². The molecule has 0 aromatic heterocycles. The number of hydrogen-bond donors (Lipinski definition) is 2. The quantitative estimate of drug-likeness (QED) is 0.807. The Morgan fingerprint density at radius 3 is 3.12 bits per heavy atom. The highest BCUT2D eigenvalue weighted by molar-refractivity contribution is 5.78. The van der Waals surface area contributed by atoms with E-state index in [1.807, 2.05) is 18.2 Å². The van der Waals surface area contributed by atoms with Crippen molar-refractivity contribution in [3.05, 3.63) is 35.4 Å². The van der Waals surface area contributed by atoms with Crippen molar-refractivity contribution in [1.82, 2.24) is 10.6 Å².